The van der Waals surface area contributed by atoms with Gasteiger partial charge in [-0.15, -0.1) is 0 Å². The lowest BCUT2D eigenvalue weighted by Gasteiger charge is -2.09. The van der Waals surface area contributed by atoms with Crippen molar-refractivity contribution in [3.63, 3.8) is 0 Å². The summed E-state index contributed by atoms with van der Waals surface area (Å²) in [4.78, 5) is 0. The molecule has 0 unspecified atom stereocenters. The van der Waals surface area contributed by atoms with Crippen molar-refractivity contribution < 1.29 is 21.3 Å². The Balaban J connectivity index is 2.21. The number of sulfone groups is 1. The normalized spacial score (nSPS) is 12.7. The van der Waals surface area contributed by atoms with E-state index in [1.165, 1.54) is 26.2 Å². The summed E-state index contributed by atoms with van der Waals surface area (Å²) in [6.45, 7) is 3.76. The van der Waals surface area contributed by atoms with Gasteiger partial charge in [-0.3, -0.25) is 0 Å². The fraction of sp³-hybridized carbons (Fsp3) is 0.375. The third kappa shape index (κ3) is 4.25. The Morgan fingerprint density at radius 2 is 1.62 bits per heavy atom. The smallest absolute Gasteiger partial charge is 0.275 e. The molecule has 0 atom stereocenters. The van der Waals surface area contributed by atoms with E-state index in [0.29, 0.717) is 0 Å². The van der Waals surface area contributed by atoms with Crippen molar-refractivity contribution in [2.75, 3.05) is 14.1 Å². The molecule has 0 amide bonds. The zero-order valence-corrected chi connectivity index (χ0v) is 15.7. The molecule has 0 bridgehead atoms. The molecule has 0 fully saturated rings. The van der Waals surface area contributed by atoms with Gasteiger partial charge in [-0.05, 0) is 37.1 Å². The molecule has 6 nitrogen and oxygen atoms in total. The molecule has 0 radical (unpaired) electrons. The largest absolute Gasteiger partial charge is 0.447 e. The van der Waals surface area contributed by atoms with Crippen LogP contribution in [0.15, 0.2) is 39.8 Å². The zero-order valence-electron chi connectivity index (χ0n) is 14.1. The van der Waals surface area contributed by atoms with Crippen LogP contribution in [0.5, 0.6) is 0 Å². The van der Waals surface area contributed by atoms with Crippen molar-refractivity contribution in [3.8, 4) is 0 Å². The van der Waals surface area contributed by atoms with Crippen LogP contribution in [-0.4, -0.2) is 35.2 Å². The number of rotatable bonds is 6. The Kier molecular flexibility index (Phi) is 5.22. The SMILES string of the molecule is Cc1ccc(C)c(CS(=O)(=O)Cc2ccc(S(=O)(=O)N(C)C)o2)c1. The Bertz CT molecular complexity index is 941. The third-order valence-corrected chi connectivity index (χ3v) is 6.78. The summed E-state index contributed by atoms with van der Waals surface area (Å²) in [6, 6.07) is 8.32. The Morgan fingerprint density at radius 3 is 2.25 bits per heavy atom. The highest BCUT2D eigenvalue weighted by Gasteiger charge is 2.23. The lowest BCUT2D eigenvalue weighted by atomic mass is 10.1. The van der Waals surface area contributed by atoms with Crippen molar-refractivity contribution in [2.24, 2.45) is 0 Å². The van der Waals surface area contributed by atoms with Gasteiger partial charge in [0.25, 0.3) is 10.0 Å². The van der Waals surface area contributed by atoms with E-state index >= 15 is 0 Å². The van der Waals surface area contributed by atoms with E-state index in [-0.39, 0.29) is 22.4 Å². The van der Waals surface area contributed by atoms with Gasteiger partial charge in [-0.2, -0.15) is 0 Å². The maximum absolute atomic E-state index is 12.4. The molecule has 2 aromatic rings. The second-order valence-corrected chi connectivity index (χ2v) is 10.1. The number of furan rings is 1. The average molecular weight is 371 g/mol. The van der Waals surface area contributed by atoms with E-state index in [9.17, 15) is 16.8 Å². The molecule has 0 saturated carbocycles. The topological polar surface area (TPSA) is 84.7 Å². The summed E-state index contributed by atoms with van der Waals surface area (Å²) in [5.41, 5.74) is 2.63. The van der Waals surface area contributed by atoms with Gasteiger partial charge in [0.15, 0.2) is 9.84 Å². The predicted molar refractivity (Wildman–Crippen MR) is 91.8 cm³/mol. The van der Waals surface area contributed by atoms with Crippen LogP contribution in [0.1, 0.15) is 22.5 Å². The second-order valence-electron chi connectivity index (χ2n) is 5.97. The maximum Gasteiger partial charge on any atom is 0.275 e. The molecule has 0 aliphatic heterocycles. The maximum atomic E-state index is 12.4. The van der Waals surface area contributed by atoms with Gasteiger partial charge in [-0.1, -0.05) is 23.8 Å². The lowest BCUT2D eigenvalue weighted by molar-refractivity contribution is 0.406. The van der Waals surface area contributed by atoms with Crippen molar-refractivity contribution in [1.82, 2.24) is 4.31 Å². The molecular formula is C16H21NO5S2. The Morgan fingerprint density at radius 1 is 0.958 bits per heavy atom. The molecular weight excluding hydrogens is 350 g/mol. The minimum atomic E-state index is -3.71. The minimum Gasteiger partial charge on any atom is -0.447 e. The Hall–Kier alpha value is -1.64. The molecule has 132 valence electrons. The fourth-order valence-electron chi connectivity index (χ4n) is 2.21. The highest BCUT2D eigenvalue weighted by Crippen LogP contribution is 2.21. The number of benzene rings is 1. The molecule has 24 heavy (non-hydrogen) atoms. The molecule has 1 heterocycles. The van der Waals surface area contributed by atoms with Crippen molar-refractivity contribution >= 4 is 19.9 Å². The molecule has 1 aromatic carbocycles. The Labute approximate surface area is 143 Å². The number of hydrogen-bond acceptors (Lipinski definition) is 5. The first-order valence-electron chi connectivity index (χ1n) is 7.29. The van der Waals surface area contributed by atoms with Crippen LogP contribution in [0.4, 0.5) is 0 Å². The first-order chi connectivity index (χ1) is 11.0. The summed E-state index contributed by atoms with van der Waals surface area (Å²) in [5.74, 6) is -0.346. The van der Waals surface area contributed by atoms with Gasteiger partial charge in [0.2, 0.25) is 5.09 Å². The van der Waals surface area contributed by atoms with E-state index in [1.54, 1.807) is 0 Å². The molecule has 0 N–H and O–H groups in total. The highest BCUT2D eigenvalue weighted by molar-refractivity contribution is 7.90. The molecule has 0 spiro atoms. The monoisotopic (exact) mass is 371 g/mol. The van der Waals surface area contributed by atoms with Crippen LogP contribution in [0.25, 0.3) is 0 Å². The minimum absolute atomic E-state index is 0.112. The molecule has 0 aliphatic carbocycles. The van der Waals surface area contributed by atoms with Crippen LogP contribution in [-0.2, 0) is 31.4 Å². The van der Waals surface area contributed by atoms with E-state index in [1.807, 2.05) is 32.0 Å². The second kappa shape index (κ2) is 6.70. The van der Waals surface area contributed by atoms with Crippen LogP contribution < -0.4 is 0 Å². The fourth-order valence-corrected chi connectivity index (χ4v) is 4.50. The number of aryl methyl sites for hydroxylation is 2. The van der Waals surface area contributed by atoms with Gasteiger partial charge in [0.1, 0.15) is 11.5 Å². The van der Waals surface area contributed by atoms with Crippen molar-refractivity contribution in [3.05, 3.63) is 52.8 Å². The van der Waals surface area contributed by atoms with Crippen LogP contribution in [0.2, 0.25) is 0 Å². The van der Waals surface area contributed by atoms with Crippen LogP contribution in [0, 0.1) is 13.8 Å². The van der Waals surface area contributed by atoms with E-state index in [4.69, 9.17) is 4.42 Å². The number of hydrogen-bond donors (Lipinski definition) is 0. The number of nitrogens with zero attached hydrogens (tertiary/aromatic N) is 1. The van der Waals surface area contributed by atoms with Crippen molar-refractivity contribution in [2.45, 2.75) is 30.4 Å². The molecule has 2 rings (SSSR count). The number of sulfonamides is 1. The molecule has 0 saturated heterocycles. The summed E-state index contributed by atoms with van der Waals surface area (Å²) in [7, 11) is -4.43. The first-order valence-corrected chi connectivity index (χ1v) is 10.6. The van der Waals surface area contributed by atoms with Gasteiger partial charge in [0.05, 0.1) is 5.75 Å². The summed E-state index contributed by atoms with van der Waals surface area (Å²) in [5, 5.41) is -0.260. The molecule has 8 heteroatoms. The predicted octanol–water partition coefficient (Wildman–Crippen LogP) is 2.26. The van der Waals surface area contributed by atoms with Crippen molar-refractivity contribution in [1.29, 1.82) is 0 Å². The summed E-state index contributed by atoms with van der Waals surface area (Å²) >= 11 is 0. The molecule has 0 aliphatic rings. The standard InChI is InChI=1S/C16H21NO5S2/c1-12-5-6-13(2)14(9-12)10-23(18,19)11-15-7-8-16(22-15)24(20,21)17(3)4/h5-9H,10-11H2,1-4H3. The van der Waals surface area contributed by atoms with E-state index in [2.05, 4.69) is 0 Å². The summed E-state index contributed by atoms with van der Waals surface area (Å²) in [6.07, 6.45) is 0. The van der Waals surface area contributed by atoms with Crippen LogP contribution in [0.3, 0.4) is 0 Å². The molecule has 1 aromatic heterocycles. The van der Waals surface area contributed by atoms with Crippen LogP contribution >= 0.6 is 0 Å². The lowest BCUT2D eigenvalue weighted by Crippen LogP contribution is -2.21. The van der Waals surface area contributed by atoms with E-state index < -0.39 is 19.9 Å². The first kappa shape index (κ1) is 18.7. The van der Waals surface area contributed by atoms with Gasteiger partial charge >= 0.3 is 0 Å². The van der Waals surface area contributed by atoms with Gasteiger partial charge < -0.3 is 4.42 Å². The summed E-state index contributed by atoms with van der Waals surface area (Å²) < 4.78 is 55.0. The average Bonchev–Trinajstić information content (AvgIpc) is 2.90. The van der Waals surface area contributed by atoms with E-state index in [0.717, 1.165) is 21.0 Å². The quantitative estimate of drug-likeness (QED) is 0.778. The highest BCUT2D eigenvalue weighted by atomic mass is 32.2. The van der Waals surface area contributed by atoms with Gasteiger partial charge in [0, 0.05) is 14.1 Å². The third-order valence-electron chi connectivity index (χ3n) is 3.61. The zero-order chi connectivity index (χ0) is 18.1. The van der Waals surface area contributed by atoms with Gasteiger partial charge in [-0.25, -0.2) is 21.1 Å².